The lowest BCUT2D eigenvalue weighted by atomic mass is 10.1. The van der Waals surface area contributed by atoms with E-state index in [9.17, 15) is 9.59 Å². The third-order valence-corrected chi connectivity index (χ3v) is 4.58. The molecular formula is C25H28N4O4. The molecule has 0 saturated carbocycles. The minimum absolute atomic E-state index is 0.289. The average Bonchev–Trinajstić information content (AvgIpc) is 2.77. The Labute approximate surface area is 193 Å². The Morgan fingerprint density at radius 2 is 1.85 bits per heavy atom. The lowest BCUT2D eigenvalue weighted by molar-refractivity contribution is -0.123. The highest BCUT2D eigenvalue weighted by Gasteiger charge is 2.24. The fourth-order valence-electron chi connectivity index (χ4n) is 3.07. The Bertz CT molecular complexity index is 1140. The van der Waals surface area contributed by atoms with Gasteiger partial charge in [0.2, 0.25) is 0 Å². The van der Waals surface area contributed by atoms with Crippen molar-refractivity contribution in [2.45, 2.75) is 38.8 Å². The molecule has 1 atom stereocenters. The van der Waals surface area contributed by atoms with E-state index >= 15 is 0 Å². The molecule has 0 aliphatic carbocycles. The van der Waals surface area contributed by atoms with E-state index in [0.717, 1.165) is 22.2 Å². The fourth-order valence-corrected chi connectivity index (χ4v) is 3.07. The first-order chi connectivity index (χ1) is 15.7. The van der Waals surface area contributed by atoms with Crippen LogP contribution in [0.15, 0.2) is 65.8 Å². The van der Waals surface area contributed by atoms with E-state index in [1.165, 1.54) is 6.21 Å². The predicted molar refractivity (Wildman–Crippen MR) is 127 cm³/mol. The van der Waals surface area contributed by atoms with Crippen LogP contribution in [0.4, 0.5) is 4.79 Å². The van der Waals surface area contributed by atoms with E-state index < -0.39 is 23.6 Å². The molecule has 0 radical (unpaired) electrons. The van der Waals surface area contributed by atoms with Gasteiger partial charge in [-0.1, -0.05) is 36.4 Å². The first kappa shape index (κ1) is 23.7. The second kappa shape index (κ2) is 10.6. The van der Waals surface area contributed by atoms with Crippen molar-refractivity contribution in [3.05, 3.63) is 71.9 Å². The molecule has 0 spiro atoms. The van der Waals surface area contributed by atoms with Gasteiger partial charge >= 0.3 is 6.09 Å². The predicted octanol–water partition coefficient (Wildman–Crippen LogP) is 3.83. The van der Waals surface area contributed by atoms with Crippen LogP contribution in [0.1, 0.15) is 32.0 Å². The number of alkyl carbamates (subject to hydrolysis) is 1. The Kier molecular flexibility index (Phi) is 7.61. The highest BCUT2D eigenvalue weighted by molar-refractivity contribution is 5.88. The normalized spacial score (nSPS) is 12.4. The summed E-state index contributed by atoms with van der Waals surface area (Å²) in [6.45, 7) is 5.28. The molecule has 2 N–H and O–H groups in total. The number of nitrogens with zero attached hydrogens (tertiary/aromatic N) is 2. The Morgan fingerprint density at radius 3 is 2.55 bits per heavy atom. The fraction of sp³-hybridized carbons (Fsp3) is 0.280. The smallest absolute Gasteiger partial charge is 0.408 e. The van der Waals surface area contributed by atoms with E-state index in [1.807, 2.05) is 54.6 Å². The molecular weight excluding hydrogens is 420 g/mol. The molecule has 0 aliphatic rings. The van der Waals surface area contributed by atoms with Crippen molar-refractivity contribution in [3.63, 3.8) is 0 Å². The summed E-state index contributed by atoms with van der Waals surface area (Å²) < 4.78 is 10.5. The lowest BCUT2D eigenvalue weighted by Gasteiger charge is -2.23. The van der Waals surface area contributed by atoms with Crippen LogP contribution in [0.25, 0.3) is 10.9 Å². The number of carbonyl (C=O) groups is 2. The number of fused-ring (bicyclic) bond motifs is 1. The van der Waals surface area contributed by atoms with E-state index in [-0.39, 0.29) is 6.42 Å². The van der Waals surface area contributed by atoms with Crippen LogP contribution in [-0.2, 0) is 16.0 Å². The number of hydrogen-bond acceptors (Lipinski definition) is 6. The molecule has 172 valence electrons. The van der Waals surface area contributed by atoms with Crippen molar-refractivity contribution >= 4 is 29.1 Å². The van der Waals surface area contributed by atoms with Crippen LogP contribution in [0.5, 0.6) is 5.75 Å². The first-order valence-corrected chi connectivity index (χ1v) is 10.5. The first-order valence-electron chi connectivity index (χ1n) is 10.5. The summed E-state index contributed by atoms with van der Waals surface area (Å²) in [5.74, 6) is 0.284. The Balaban J connectivity index is 1.69. The topological polar surface area (TPSA) is 102 Å². The van der Waals surface area contributed by atoms with Crippen molar-refractivity contribution in [1.82, 2.24) is 15.7 Å². The number of hydrogen-bond donors (Lipinski definition) is 2. The van der Waals surface area contributed by atoms with Crippen molar-refractivity contribution in [3.8, 4) is 5.75 Å². The molecule has 0 saturated heterocycles. The Morgan fingerprint density at radius 1 is 1.09 bits per heavy atom. The van der Waals surface area contributed by atoms with Gasteiger partial charge in [0.05, 0.1) is 24.5 Å². The molecule has 0 bridgehead atoms. The molecule has 2 amide bonds. The molecule has 1 aromatic heterocycles. The van der Waals surface area contributed by atoms with E-state index in [0.29, 0.717) is 5.69 Å². The van der Waals surface area contributed by atoms with Gasteiger partial charge in [0.1, 0.15) is 17.4 Å². The lowest BCUT2D eigenvalue weighted by Crippen LogP contribution is -2.48. The zero-order chi connectivity index (χ0) is 23.8. The van der Waals surface area contributed by atoms with Crippen LogP contribution >= 0.6 is 0 Å². The maximum absolute atomic E-state index is 12.8. The van der Waals surface area contributed by atoms with Gasteiger partial charge in [-0.25, -0.2) is 15.2 Å². The Hall–Kier alpha value is -3.94. The van der Waals surface area contributed by atoms with Gasteiger partial charge in [-0.05, 0) is 50.6 Å². The summed E-state index contributed by atoms with van der Waals surface area (Å²) in [5, 5.41) is 7.58. The SMILES string of the molecule is COc1ccc2nc(C=NNC(=O)C(Cc3ccccc3)NC(=O)OC(C)(C)C)ccc2c1. The van der Waals surface area contributed by atoms with Gasteiger partial charge in [-0.3, -0.25) is 4.79 Å². The summed E-state index contributed by atoms with van der Waals surface area (Å²) >= 11 is 0. The second-order valence-corrected chi connectivity index (χ2v) is 8.42. The number of pyridine rings is 1. The summed E-state index contributed by atoms with van der Waals surface area (Å²) in [5.41, 5.74) is 4.05. The number of hydrazone groups is 1. The average molecular weight is 449 g/mol. The highest BCUT2D eigenvalue weighted by Crippen LogP contribution is 2.19. The molecule has 33 heavy (non-hydrogen) atoms. The second-order valence-electron chi connectivity index (χ2n) is 8.42. The molecule has 1 heterocycles. The zero-order valence-corrected chi connectivity index (χ0v) is 19.2. The van der Waals surface area contributed by atoms with Crippen molar-refractivity contribution < 1.29 is 19.1 Å². The van der Waals surface area contributed by atoms with Crippen LogP contribution in [0, 0.1) is 0 Å². The van der Waals surface area contributed by atoms with Crippen LogP contribution in [0.3, 0.4) is 0 Å². The van der Waals surface area contributed by atoms with Crippen LogP contribution in [0.2, 0.25) is 0 Å². The van der Waals surface area contributed by atoms with Gasteiger partial charge in [0, 0.05) is 11.8 Å². The van der Waals surface area contributed by atoms with Gasteiger partial charge in [0.25, 0.3) is 5.91 Å². The number of nitrogens with one attached hydrogen (secondary N) is 2. The number of methoxy groups -OCH3 is 1. The number of amides is 2. The summed E-state index contributed by atoms with van der Waals surface area (Å²) in [4.78, 5) is 29.6. The molecule has 0 aliphatic heterocycles. The van der Waals surface area contributed by atoms with E-state index in [2.05, 4.69) is 20.8 Å². The molecule has 3 aromatic rings. The molecule has 8 nitrogen and oxygen atoms in total. The van der Waals surface area contributed by atoms with Crippen molar-refractivity contribution in [2.75, 3.05) is 7.11 Å². The quantitative estimate of drug-likeness (QED) is 0.423. The maximum Gasteiger partial charge on any atom is 0.408 e. The molecule has 2 aromatic carbocycles. The van der Waals surface area contributed by atoms with Crippen molar-refractivity contribution in [2.24, 2.45) is 5.10 Å². The minimum Gasteiger partial charge on any atom is -0.497 e. The number of carbonyl (C=O) groups excluding carboxylic acids is 2. The maximum atomic E-state index is 12.8. The number of ether oxygens (including phenoxy) is 2. The molecule has 1 unspecified atom stereocenters. The zero-order valence-electron chi connectivity index (χ0n) is 19.2. The van der Waals surface area contributed by atoms with Crippen LogP contribution < -0.4 is 15.5 Å². The molecule has 0 fully saturated rings. The minimum atomic E-state index is -0.864. The van der Waals surface area contributed by atoms with Gasteiger partial charge in [0.15, 0.2) is 0 Å². The largest absolute Gasteiger partial charge is 0.497 e. The summed E-state index contributed by atoms with van der Waals surface area (Å²) in [6.07, 6.45) is 1.07. The van der Waals surface area contributed by atoms with E-state index in [1.54, 1.807) is 33.9 Å². The number of rotatable bonds is 7. The highest BCUT2D eigenvalue weighted by atomic mass is 16.6. The standard InChI is InChI=1S/C25H28N4O4/c1-25(2,3)33-24(31)28-22(14-17-8-6-5-7-9-17)23(30)29-26-16-19-11-10-18-15-20(32-4)12-13-21(18)27-19/h5-13,15-16,22H,14H2,1-4H3,(H,28,31)(H,29,30). The van der Waals surface area contributed by atoms with Crippen LogP contribution in [-0.4, -0.2) is 42.0 Å². The van der Waals surface area contributed by atoms with E-state index in [4.69, 9.17) is 9.47 Å². The summed E-state index contributed by atoms with van der Waals surface area (Å²) in [6, 6.07) is 17.8. The van der Waals surface area contributed by atoms with Gasteiger partial charge < -0.3 is 14.8 Å². The summed E-state index contributed by atoms with van der Waals surface area (Å²) in [7, 11) is 1.61. The van der Waals surface area contributed by atoms with Crippen molar-refractivity contribution in [1.29, 1.82) is 0 Å². The monoisotopic (exact) mass is 448 g/mol. The molecule has 3 rings (SSSR count). The third-order valence-electron chi connectivity index (χ3n) is 4.58. The third kappa shape index (κ3) is 7.31. The number of aromatic nitrogens is 1. The number of benzene rings is 2. The van der Waals surface area contributed by atoms with Gasteiger partial charge in [-0.2, -0.15) is 5.10 Å². The van der Waals surface area contributed by atoms with Gasteiger partial charge in [-0.15, -0.1) is 0 Å². The molecule has 8 heteroatoms.